The Hall–Kier alpha value is -2.10. The molecular weight excluding hydrogens is 298 g/mol. The first-order chi connectivity index (χ1) is 11.3. The average Bonchev–Trinajstić information content (AvgIpc) is 3.03. The molecule has 0 spiro atoms. The number of rotatable bonds is 3. The average molecular weight is 325 g/mol. The van der Waals surface area contributed by atoms with Crippen molar-refractivity contribution in [3.05, 3.63) is 52.3 Å². The van der Waals surface area contributed by atoms with E-state index in [-0.39, 0.29) is 11.3 Å². The number of hydrogen-bond donors (Lipinski definition) is 1. The molecule has 3 rings (SSSR count). The fourth-order valence-electron chi connectivity index (χ4n) is 3.40. The molecule has 0 bridgehead atoms. The smallest absolute Gasteiger partial charge is 0.270 e. The lowest BCUT2D eigenvalue weighted by molar-refractivity contribution is 0.0940. The minimum atomic E-state index is -0.0275. The Morgan fingerprint density at radius 1 is 1.29 bits per heavy atom. The molecule has 1 N–H and O–H groups in total. The maximum Gasteiger partial charge on any atom is 0.270 e. The third-order valence-electron chi connectivity index (χ3n) is 4.96. The number of nitrogens with zero attached hydrogens (tertiary/aromatic N) is 2. The number of hydrogen-bond acceptors (Lipinski definition) is 2. The Labute approximate surface area is 144 Å². The SMILES string of the molecule is CC1CCc2c1nn(C)c2C(=O)NCc1ccc(C(C)(C)C)cc1. The summed E-state index contributed by atoms with van der Waals surface area (Å²) in [6.07, 6.45) is 2.04. The maximum atomic E-state index is 12.6. The number of aryl methyl sites for hydroxylation is 1. The molecule has 0 radical (unpaired) electrons. The predicted molar refractivity (Wildman–Crippen MR) is 96.3 cm³/mol. The quantitative estimate of drug-likeness (QED) is 0.935. The molecule has 1 aromatic heterocycles. The van der Waals surface area contributed by atoms with Crippen LogP contribution < -0.4 is 5.32 Å². The lowest BCUT2D eigenvalue weighted by Crippen LogP contribution is -2.26. The number of carbonyl (C=O) groups is 1. The van der Waals surface area contributed by atoms with Crippen LogP contribution in [0.5, 0.6) is 0 Å². The van der Waals surface area contributed by atoms with Crippen LogP contribution >= 0.6 is 0 Å². The topological polar surface area (TPSA) is 46.9 Å². The Kier molecular flexibility index (Phi) is 4.24. The second kappa shape index (κ2) is 6.08. The third kappa shape index (κ3) is 3.10. The largest absolute Gasteiger partial charge is 0.347 e. The molecule has 1 aromatic carbocycles. The molecule has 4 heteroatoms. The third-order valence-corrected chi connectivity index (χ3v) is 4.96. The summed E-state index contributed by atoms with van der Waals surface area (Å²) < 4.78 is 1.73. The van der Waals surface area contributed by atoms with E-state index in [1.807, 2.05) is 7.05 Å². The van der Waals surface area contributed by atoms with Crippen LogP contribution in [0.1, 0.15) is 72.9 Å². The van der Waals surface area contributed by atoms with Gasteiger partial charge in [-0.2, -0.15) is 5.10 Å². The van der Waals surface area contributed by atoms with E-state index in [0.29, 0.717) is 12.5 Å². The summed E-state index contributed by atoms with van der Waals surface area (Å²) in [6.45, 7) is 9.32. The van der Waals surface area contributed by atoms with Crippen molar-refractivity contribution in [1.82, 2.24) is 15.1 Å². The maximum absolute atomic E-state index is 12.6. The van der Waals surface area contributed by atoms with E-state index >= 15 is 0 Å². The molecule has 128 valence electrons. The summed E-state index contributed by atoms with van der Waals surface area (Å²) in [5, 5.41) is 7.59. The van der Waals surface area contributed by atoms with E-state index in [1.165, 1.54) is 5.56 Å². The van der Waals surface area contributed by atoms with E-state index in [9.17, 15) is 4.79 Å². The van der Waals surface area contributed by atoms with Gasteiger partial charge in [-0.15, -0.1) is 0 Å². The number of amides is 1. The predicted octanol–water partition coefficient (Wildman–Crippen LogP) is 3.70. The molecular formula is C20H27N3O. The van der Waals surface area contributed by atoms with Crippen molar-refractivity contribution in [2.45, 2.75) is 58.4 Å². The number of carbonyl (C=O) groups excluding carboxylic acids is 1. The Bertz CT molecular complexity index is 750. The zero-order valence-electron chi connectivity index (χ0n) is 15.3. The van der Waals surface area contributed by atoms with Crippen LogP contribution in [0.4, 0.5) is 0 Å². The summed E-state index contributed by atoms with van der Waals surface area (Å²) in [4.78, 5) is 12.6. The lowest BCUT2D eigenvalue weighted by atomic mass is 9.87. The molecule has 1 aliphatic rings. The monoisotopic (exact) mass is 325 g/mol. The first-order valence-electron chi connectivity index (χ1n) is 8.70. The van der Waals surface area contributed by atoms with Crippen LogP contribution in [0.3, 0.4) is 0 Å². The number of benzene rings is 1. The van der Waals surface area contributed by atoms with E-state index < -0.39 is 0 Å². The van der Waals surface area contributed by atoms with Gasteiger partial charge in [0.05, 0.1) is 5.69 Å². The van der Waals surface area contributed by atoms with E-state index in [0.717, 1.165) is 35.4 Å². The first kappa shape index (κ1) is 16.7. The van der Waals surface area contributed by atoms with Crippen molar-refractivity contribution in [1.29, 1.82) is 0 Å². The van der Waals surface area contributed by atoms with Crippen molar-refractivity contribution >= 4 is 5.91 Å². The molecule has 0 aliphatic heterocycles. The molecule has 24 heavy (non-hydrogen) atoms. The van der Waals surface area contributed by atoms with Crippen molar-refractivity contribution < 1.29 is 4.79 Å². The Morgan fingerprint density at radius 3 is 2.58 bits per heavy atom. The van der Waals surface area contributed by atoms with Crippen molar-refractivity contribution in [2.75, 3.05) is 0 Å². The second-order valence-corrected chi connectivity index (χ2v) is 7.91. The molecule has 0 saturated carbocycles. The van der Waals surface area contributed by atoms with Gasteiger partial charge in [0, 0.05) is 25.1 Å². The fourth-order valence-corrected chi connectivity index (χ4v) is 3.40. The number of fused-ring (bicyclic) bond motifs is 1. The van der Waals surface area contributed by atoms with Crippen LogP contribution in [-0.4, -0.2) is 15.7 Å². The standard InChI is InChI=1S/C20H27N3O/c1-13-6-11-16-17(13)22-23(5)18(16)19(24)21-12-14-7-9-15(10-8-14)20(2,3)4/h7-10,13H,6,11-12H2,1-5H3,(H,21,24). The van der Waals surface area contributed by atoms with Gasteiger partial charge in [0.25, 0.3) is 5.91 Å². The van der Waals surface area contributed by atoms with Crippen molar-refractivity contribution in [3.63, 3.8) is 0 Å². The van der Waals surface area contributed by atoms with Crippen LogP contribution in [0.15, 0.2) is 24.3 Å². The van der Waals surface area contributed by atoms with Gasteiger partial charge in [-0.1, -0.05) is 52.0 Å². The molecule has 1 atom stereocenters. The summed E-state index contributed by atoms with van der Waals surface area (Å²) in [5.41, 5.74) is 5.51. The van der Waals surface area contributed by atoms with E-state index in [1.54, 1.807) is 4.68 Å². The highest BCUT2D eigenvalue weighted by Gasteiger charge is 2.29. The molecule has 4 nitrogen and oxygen atoms in total. The Morgan fingerprint density at radius 2 is 1.96 bits per heavy atom. The fraction of sp³-hybridized carbons (Fsp3) is 0.500. The number of nitrogens with one attached hydrogen (secondary N) is 1. The van der Waals surface area contributed by atoms with Crippen LogP contribution in [-0.2, 0) is 25.4 Å². The summed E-state index contributed by atoms with van der Waals surface area (Å²) in [7, 11) is 1.86. The number of aromatic nitrogens is 2. The molecule has 1 unspecified atom stereocenters. The molecule has 1 heterocycles. The van der Waals surface area contributed by atoms with Gasteiger partial charge in [-0.25, -0.2) is 0 Å². The van der Waals surface area contributed by atoms with Gasteiger partial charge in [0.15, 0.2) is 0 Å². The summed E-state index contributed by atoms with van der Waals surface area (Å²) in [6, 6.07) is 8.48. The van der Waals surface area contributed by atoms with Crippen molar-refractivity contribution in [2.24, 2.45) is 7.05 Å². The Balaban J connectivity index is 1.70. The molecule has 0 fully saturated rings. The van der Waals surface area contributed by atoms with Gasteiger partial charge >= 0.3 is 0 Å². The second-order valence-electron chi connectivity index (χ2n) is 7.91. The van der Waals surface area contributed by atoms with E-state index in [2.05, 4.69) is 62.4 Å². The highest BCUT2D eigenvalue weighted by atomic mass is 16.2. The molecule has 1 amide bonds. The van der Waals surface area contributed by atoms with Crippen LogP contribution in [0.25, 0.3) is 0 Å². The summed E-state index contributed by atoms with van der Waals surface area (Å²) in [5.74, 6) is 0.429. The molecule has 2 aromatic rings. The zero-order valence-corrected chi connectivity index (χ0v) is 15.3. The van der Waals surface area contributed by atoms with Gasteiger partial charge in [-0.3, -0.25) is 9.48 Å². The van der Waals surface area contributed by atoms with Gasteiger partial charge in [-0.05, 0) is 29.4 Å². The van der Waals surface area contributed by atoms with Crippen LogP contribution in [0, 0.1) is 0 Å². The minimum absolute atomic E-state index is 0.0275. The van der Waals surface area contributed by atoms with E-state index in [4.69, 9.17) is 0 Å². The normalized spacial score (nSPS) is 17.0. The lowest BCUT2D eigenvalue weighted by Gasteiger charge is -2.19. The summed E-state index contributed by atoms with van der Waals surface area (Å²) >= 11 is 0. The zero-order chi connectivity index (χ0) is 17.5. The molecule has 1 aliphatic carbocycles. The highest BCUT2D eigenvalue weighted by Crippen LogP contribution is 2.33. The highest BCUT2D eigenvalue weighted by molar-refractivity contribution is 5.94. The van der Waals surface area contributed by atoms with Gasteiger partial charge in [0.2, 0.25) is 0 Å². The van der Waals surface area contributed by atoms with Gasteiger partial charge < -0.3 is 5.32 Å². The van der Waals surface area contributed by atoms with Gasteiger partial charge in [0.1, 0.15) is 5.69 Å². The van der Waals surface area contributed by atoms with Crippen LogP contribution in [0.2, 0.25) is 0 Å². The molecule has 0 saturated heterocycles. The first-order valence-corrected chi connectivity index (χ1v) is 8.70. The minimum Gasteiger partial charge on any atom is -0.347 e. The van der Waals surface area contributed by atoms with Crippen molar-refractivity contribution in [3.8, 4) is 0 Å².